The Hall–Kier alpha value is -1.90. The summed E-state index contributed by atoms with van der Waals surface area (Å²) in [4.78, 5) is 5.13. The van der Waals surface area contributed by atoms with Crippen molar-refractivity contribution in [3.05, 3.63) is 92.4 Å². The van der Waals surface area contributed by atoms with Gasteiger partial charge in [-0.2, -0.15) is 0 Å². The second-order valence-electron chi connectivity index (χ2n) is 9.81. The summed E-state index contributed by atoms with van der Waals surface area (Å²) in [6, 6.07) is 23.4. The van der Waals surface area contributed by atoms with Gasteiger partial charge < -0.3 is 14.2 Å². The summed E-state index contributed by atoms with van der Waals surface area (Å²) >= 11 is 7.20. The molecule has 3 aromatic rings. The maximum Gasteiger partial charge on any atom is 0.161 e. The fourth-order valence-corrected chi connectivity index (χ4v) is 7.07. The van der Waals surface area contributed by atoms with Crippen LogP contribution in [0.15, 0.2) is 75.7 Å². The molecule has 0 amide bonds. The lowest BCUT2D eigenvalue weighted by atomic mass is 10.0. The zero-order chi connectivity index (χ0) is 24.5. The summed E-state index contributed by atoms with van der Waals surface area (Å²) in [5.74, 6) is 1.70. The molecule has 1 aliphatic carbocycles. The van der Waals surface area contributed by atoms with E-state index in [0.717, 1.165) is 59.6 Å². The van der Waals surface area contributed by atoms with Crippen LogP contribution in [0.5, 0.6) is 11.5 Å². The second kappa shape index (κ2) is 10.8. The van der Waals surface area contributed by atoms with E-state index in [4.69, 9.17) is 14.2 Å². The zero-order valence-corrected chi connectivity index (χ0v) is 23.3. The molecule has 2 aliphatic heterocycles. The highest BCUT2D eigenvalue weighted by molar-refractivity contribution is 9.11. The molecule has 0 bridgehead atoms. The van der Waals surface area contributed by atoms with Gasteiger partial charge in [0.1, 0.15) is 12.7 Å². The smallest absolute Gasteiger partial charge is 0.161 e. The average molecular weight is 614 g/mol. The lowest BCUT2D eigenvalue weighted by Crippen LogP contribution is -2.52. The molecule has 7 heteroatoms. The Balaban J connectivity index is 1.09. The van der Waals surface area contributed by atoms with Crippen LogP contribution in [0.1, 0.15) is 22.7 Å². The Morgan fingerprint density at radius 3 is 2.39 bits per heavy atom. The number of para-hydroxylation sites is 2. The van der Waals surface area contributed by atoms with Gasteiger partial charge in [-0.25, -0.2) is 0 Å². The van der Waals surface area contributed by atoms with Crippen LogP contribution in [-0.2, 0) is 17.8 Å². The third kappa shape index (κ3) is 5.36. The molecule has 0 aromatic heterocycles. The van der Waals surface area contributed by atoms with E-state index in [0.29, 0.717) is 19.3 Å². The van der Waals surface area contributed by atoms with Crippen molar-refractivity contribution in [1.29, 1.82) is 0 Å². The molecule has 188 valence electrons. The molecular formula is C29H30Br2N2O3. The molecule has 36 heavy (non-hydrogen) atoms. The molecule has 1 saturated heterocycles. The third-order valence-electron chi connectivity index (χ3n) is 7.36. The van der Waals surface area contributed by atoms with E-state index in [1.54, 1.807) is 0 Å². The minimum absolute atomic E-state index is 0.0688. The van der Waals surface area contributed by atoms with Crippen molar-refractivity contribution in [3.63, 3.8) is 0 Å². The van der Waals surface area contributed by atoms with Crippen LogP contribution >= 0.6 is 31.9 Å². The lowest BCUT2D eigenvalue weighted by molar-refractivity contribution is -0.0335. The third-order valence-corrected chi connectivity index (χ3v) is 8.28. The molecule has 1 fully saturated rings. The monoisotopic (exact) mass is 612 g/mol. The predicted molar refractivity (Wildman–Crippen MR) is 148 cm³/mol. The van der Waals surface area contributed by atoms with Crippen LogP contribution in [0.3, 0.4) is 0 Å². The normalized spacial score (nSPS) is 24.0. The van der Waals surface area contributed by atoms with Crippen LogP contribution in [0.2, 0.25) is 0 Å². The standard InChI is InChI=1S/C29H30Br2N2O3/c30-22-13-20(14-23(31)16-22)18-34-28-15-21-5-1-2-6-25(21)29(28)33-11-9-32(10-12-33)17-24-19-35-26-7-3-4-8-27(26)36-24/h1-8,13-14,16,24,28-29H,9-12,15,17-19H2/t24-,28+,29+/m0/s1. The summed E-state index contributed by atoms with van der Waals surface area (Å²) in [5.41, 5.74) is 4.01. The topological polar surface area (TPSA) is 34.2 Å². The first-order chi connectivity index (χ1) is 17.6. The molecule has 0 radical (unpaired) electrons. The summed E-state index contributed by atoms with van der Waals surface area (Å²) in [6.45, 7) is 6.18. The number of fused-ring (bicyclic) bond motifs is 2. The predicted octanol–water partition coefficient (Wildman–Crippen LogP) is 5.85. The summed E-state index contributed by atoms with van der Waals surface area (Å²) in [6.07, 6.45) is 1.18. The van der Waals surface area contributed by atoms with E-state index >= 15 is 0 Å². The van der Waals surface area contributed by atoms with E-state index < -0.39 is 0 Å². The van der Waals surface area contributed by atoms with Gasteiger partial charge in [0, 0.05) is 48.1 Å². The molecule has 5 nitrogen and oxygen atoms in total. The van der Waals surface area contributed by atoms with E-state index in [-0.39, 0.29) is 12.2 Å². The van der Waals surface area contributed by atoms with Crippen molar-refractivity contribution in [1.82, 2.24) is 9.80 Å². The second-order valence-corrected chi connectivity index (χ2v) is 11.6. The lowest BCUT2D eigenvalue weighted by Gasteiger charge is -2.41. The van der Waals surface area contributed by atoms with Crippen molar-refractivity contribution < 1.29 is 14.2 Å². The van der Waals surface area contributed by atoms with E-state index in [1.165, 1.54) is 16.7 Å². The molecule has 3 aromatic carbocycles. The van der Waals surface area contributed by atoms with E-state index in [9.17, 15) is 0 Å². The Labute approximate surface area is 229 Å². The van der Waals surface area contributed by atoms with E-state index in [1.807, 2.05) is 24.3 Å². The van der Waals surface area contributed by atoms with Gasteiger partial charge >= 0.3 is 0 Å². The van der Waals surface area contributed by atoms with Gasteiger partial charge in [0.25, 0.3) is 0 Å². The van der Waals surface area contributed by atoms with Crippen molar-refractivity contribution in [2.75, 3.05) is 39.3 Å². The molecule has 0 saturated carbocycles. The number of benzene rings is 3. The number of hydrogen-bond acceptors (Lipinski definition) is 5. The summed E-state index contributed by atoms with van der Waals surface area (Å²) in [7, 11) is 0. The van der Waals surface area contributed by atoms with Crippen LogP contribution in [0, 0.1) is 0 Å². The zero-order valence-electron chi connectivity index (χ0n) is 20.1. The molecule has 2 heterocycles. The van der Waals surface area contributed by atoms with Crippen LogP contribution in [0.25, 0.3) is 0 Å². The van der Waals surface area contributed by atoms with Gasteiger partial charge in [-0.15, -0.1) is 0 Å². The maximum atomic E-state index is 6.60. The first-order valence-electron chi connectivity index (χ1n) is 12.6. The molecule has 3 atom stereocenters. The van der Waals surface area contributed by atoms with Gasteiger partial charge in [-0.3, -0.25) is 9.80 Å². The number of piperazine rings is 1. The van der Waals surface area contributed by atoms with Crippen molar-refractivity contribution in [2.24, 2.45) is 0 Å². The van der Waals surface area contributed by atoms with Crippen molar-refractivity contribution >= 4 is 31.9 Å². The minimum atomic E-state index is 0.0688. The van der Waals surface area contributed by atoms with Crippen LogP contribution in [0.4, 0.5) is 0 Å². The molecular weight excluding hydrogens is 584 g/mol. The van der Waals surface area contributed by atoms with Crippen molar-refractivity contribution in [2.45, 2.75) is 31.3 Å². The Morgan fingerprint density at radius 2 is 1.58 bits per heavy atom. The van der Waals surface area contributed by atoms with Gasteiger partial charge in [0.15, 0.2) is 11.5 Å². The maximum absolute atomic E-state index is 6.60. The van der Waals surface area contributed by atoms with E-state index in [2.05, 4.69) is 84.1 Å². The largest absolute Gasteiger partial charge is 0.486 e. The molecule has 6 rings (SSSR count). The highest BCUT2D eigenvalue weighted by Gasteiger charge is 2.38. The number of halogens is 2. The minimum Gasteiger partial charge on any atom is -0.486 e. The fraction of sp³-hybridized carbons (Fsp3) is 0.379. The highest BCUT2D eigenvalue weighted by atomic mass is 79.9. The number of rotatable bonds is 6. The number of hydrogen-bond donors (Lipinski definition) is 0. The first-order valence-corrected chi connectivity index (χ1v) is 14.2. The van der Waals surface area contributed by atoms with Crippen LogP contribution < -0.4 is 9.47 Å². The van der Waals surface area contributed by atoms with Gasteiger partial charge in [0.05, 0.1) is 18.8 Å². The molecule has 0 unspecified atom stereocenters. The van der Waals surface area contributed by atoms with Gasteiger partial charge in [-0.05, 0) is 47.0 Å². The van der Waals surface area contributed by atoms with Gasteiger partial charge in [0.2, 0.25) is 0 Å². The van der Waals surface area contributed by atoms with Gasteiger partial charge in [-0.1, -0.05) is 68.3 Å². The van der Waals surface area contributed by atoms with Crippen molar-refractivity contribution in [3.8, 4) is 11.5 Å². The highest BCUT2D eigenvalue weighted by Crippen LogP contribution is 2.39. The number of ether oxygens (including phenoxy) is 3. The Morgan fingerprint density at radius 1 is 0.861 bits per heavy atom. The fourth-order valence-electron chi connectivity index (χ4n) is 5.68. The quantitative estimate of drug-likeness (QED) is 0.348. The Bertz CT molecular complexity index is 1190. The molecule has 0 N–H and O–H groups in total. The summed E-state index contributed by atoms with van der Waals surface area (Å²) < 4.78 is 20.9. The Kier molecular flexibility index (Phi) is 7.36. The average Bonchev–Trinajstić information content (AvgIpc) is 3.26. The van der Waals surface area contributed by atoms with Crippen LogP contribution in [-0.4, -0.2) is 61.3 Å². The molecule has 0 spiro atoms. The SMILES string of the molecule is Brc1cc(Br)cc(CO[C@@H]2Cc3ccccc3[C@H]2N2CCN(C[C@H]3COc4ccccc4O3)CC2)c1. The number of nitrogens with zero attached hydrogens (tertiary/aromatic N) is 2. The first kappa shape index (κ1) is 24.4. The summed E-state index contributed by atoms with van der Waals surface area (Å²) in [5, 5.41) is 0. The molecule has 3 aliphatic rings.